The van der Waals surface area contributed by atoms with Gasteiger partial charge in [-0.2, -0.15) is 23.5 Å². The number of carbonyl (C=O) groups is 1. The van der Waals surface area contributed by atoms with Crippen LogP contribution in [0.15, 0.2) is 54.6 Å². The number of aryl methyl sites for hydroxylation is 1. The van der Waals surface area contributed by atoms with Crippen LogP contribution in [-0.2, 0) is 11.2 Å². The van der Waals surface area contributed by atoms with Crippen molar-refractivity contribution in [3.63, 3.8) is 0 Å². The molecule has 0 radical (unpaired) electrons. The lowest BCUT2D eigenvalue weighted by molar-refractivity contribution is -0.192. The maximum Gasteiger partial charge on any atom is 0.490 e. The molecule has 0 bridgehead atoms. The van der Waals surface area contributed by atoms with Gasteiger partial charge in [-0.05, 0) is 61.0 Å². The Bertz CT molecular complexity index is 1830. The van der Waals surface area contributed by atoms with Crippen LogP contribution in [0.1, 0.15) is 11.3 Å². The smallest absolute Gasteiger partial charge is 0.490 e. The third-order valence-corrected chi connectivity index (χ3v) is 6.31. The van der Waals surface area contributed by atoms with Crippen LogP contribution < -0.4 is 18.9 Å². The maximum absolute atomic E-state index is 10.6. The Kier molecular flexibility index (Phi) is 11.0. The normalized spacial score (nSPS) is 10.6. The van der Waals surface area contributed by atoms with E-state index < -0.39 is 12.1 Å². The fourth-order valence-electron chi connectivity index (χ4n) is 4.19. The quantitative estimate of drug-likeness (QED) is 0.198. The van der Waals surface area contributed by atoms with Gasteiger partial charge < -0.3 is 29.2 Å². The second-order valence-corrected chi connectivity index (χ2v) is 9.13. The molecule has 3 aromatic carbocycles. The van der Waals surface area contributed by atoms with Gasteiger partial charge in [0.2, 0.25) is 0 Å². The number of fused-ring (bicyclic) bond motifs is 3. The second kappa shape index (κ2) is 14.6. The van der Waals surface area contributed by atoms with Crippen molar-refractivity contribution in [2.75, 3.05) is 28.4 Å². The first-order valence-electron chi connectivity index (χ1n) is 13.0. The number of nitriles is 1. The fraction of sp³-hybridized carbons (Fsp3) is 0.226. The molecule has 14 heteroatoms. The number of hydrogen-bond donors (Lipinski definition) is 3. The number of carboxylic acid groups (broad SMARTS) is 1. The SMILES string of the molecule is COc1cc2c(-c3ccc(O)cc3)nc3n[nH]c(C)c3c2cc1OC.COc1ccc(CC#N)cc1OC.O=C(O)C(F)(F)F. The highest BCUT2D eigenvalue weighted by molar-refractivity contribution is 6.12. The Morgan fingerprint density at radius 2 is 1.42 bits per heavy atom. The van der Waals surface area contributed by atoms with Gasteiger partial charge in [0.25, 0.3) is 0 Å². The first-order chi connectivity index (χ1) is 21.4. The summed E-state index contributed by atoms with van der Waals surface area (Å²) in [6.07, 6.45) is -4.69. The van der Waals surface area contributed by atoms with Crippen molar-refractivity contribution in [2.24, 2.45) is 0 Å². The molecule has 236 valence electrons. The summed E-state index contributed by atoms with van der Waals surface area (Å²) in [5.41, 5.74) is 4.17. The molecule has 0 aliphatic rings. The lowest BCUT2D eigenvalue weighted by Gasteiger charge is -2.13. The second-order valence-electron chi connectivity index (χ2n) is 9.13. The van der Waals surface area contributed by atoms with E-state index >= 15 is 0 Å². The molecule has 0 fully saturated rings. The van der Waals surface area contributed by atoms with Gasteiger partial charge >= 0.3 is 12.1 Å². The van der Waals surface area contributed by atoms with E-state index in [0.717, 1.165) is 38.7 Å². The van der Waals surface area contributed by atoms with Gasteiger partial charge in [-0.1, -0.05) is 6.07 Å². The van der Waals surface area contributed by atoms with E-state index in [-0.39, 0.29) is 5.75 Å². The van der Waals surface area contributed by atoms with Gasteiger partial charge in [0.1, 0.15) is 5.75 Å². The number of aromatic hydroxyl groups is 1. The summed E-state index contributed by atoms with van der Waals surface area (Å²) < 4.78 is 52.8. The fourth-order valence-corrected chi connectivity index (χ4v) is 4.19. The van der Waals surface area contributed by atoms with E-state index in [9.17, 15) is 18.3 Å². The van der Waals surface area contributed by atoms with Gasteiger partial charge in [-0.3, -0.25) is 5.10 Å². The molecule has 0 saturated heterocycles. The number of hydrogen-bond acceptors (Lipinski definition) is 9. The minimum atomic E-state index is -5.08. The number of benzene rings is 3. The lowest BCUT2D eigenvalue weighted by Crippen LogP contribution is -2.21. The van der Waals surface area contributed by atoms with E-state index in [0.29, 0.717) is 35.1 Å². The van der Waals surface area contributed by atoms with Crippen molar-refractivity contribution in [3.05, 3.63) is 65.9 Å². The molecule has 5 rings (SSSR count). The zero-order valence-electron chi connectivity index (χ0n) is 24.8. The zero-order chi connectivity index (χ0) is 33.3. The number of H-pyrrole nitrogens is 1. The summed E-state index contributed by atoms with van der Waals surface area (Å²) in [6, 6.07) is 18.4. The van der Waals surface area contributed by atoms with Crippen molar-refractivity contribution in [1.82, 2.24) is 15.2 Å². The summed E-state index contributed by atoms with van der Waals surface area (Å²) in [4.78, 5) is 13.6. The van der Waals surface area contributed by atoms with Crippen molar-refractivity contribution in [3.8, 4) is 46.1 Å². The molecule has 0 aliphatic carbocycles. The van der Waals surface area contributed by atoms with Crippen LogP contribution in [0.4, 0.5) is 13.2 Å². The monoisotopic (exact) mass is 626 g/mol. The average molecular weight is 627 g/mol. The van der Waals surface area contributed by atoms with E-state index in [1.54, 1.807) is 46.6 Å². The van der Waals surface area contributed by atoms with E-state index in [2.05, 4.69) is 16.3 Å². The first kappa shape index (κ1) is 33.8. The van der Waals surface area contributed by atoms with Crippen LogP contribution in [0.25, 0.3) is 33.1 Å². The highest BCUT2D eigenvalue weighted by Gasteiger charge is 2.38. The number of ether oxygens (including phenoxy) is 4. The molecule has 0 amide bonds. The highest BCUT2D eigenvalue weighted by atomic mass is 19.4. The third kappa shape index (κ3) is 8.02. The molecule has 2 aromatic heterocycles. The number of carboxylic acids is 1. The number of halogens is 3. The topological polar surface area (TPSA) is 160 Å². The predicted octanol–water partition coefficient (Wildman–Crippen LogP) is 6.21. The standard InChI is InChI=1S/C19H17N3O3.C10H11NO2.C2HF3O2/c1-10-17-13-8-15(24-2)16(25-3)9-14(13)18(20-19(17)22-21-10)11-4-6-12(23)7-5-11;1-12-9-4-3-8(5-6-11)7-10(9)13-2;3-2(4,5)1(6)7/h4-9,23H,1-3H3,(H,20,21,22);3-4,7H,5H2,1-2H3;(H,6,7). The Balaban J connectivity index is 0.000000231. The van der Waals surface area contributed by atoms with Crippen LogP contribution in [0, 0.1) is 18.3 Å². The average Bonchev–Trinajstić information content (AvgIpc) is 3.40. The van der Waals surface area contributed by atoms with Crippen LogP contribution in [-0.4, -0.2) is 66.0 Å². The molecular weight excluding hydrogens is 597 g/mol. The van der Waals surface area contributed by atoms with E-state index in [4.69, 9.17) is 39.1 Å². The molecule has 0 spiro atoms. The minimum Gasteiger partial charge on any atom is -0.508 e. The van der Waals surface area contributed by atoms with Crippen molar-refractivity contribution in [1.29, 1.82) is 5.26 Å². The van der Waals surface area contributed by atoms with Crippen molar-refractivity contribution < 1.29 is 47.1 Å². The number of phenolic OH excluding ortho intramolecular Hbond substituents is 1. The largest absolute Gasteiger partial charge is 0.508 e. The Hall–Kier alpha value is -5.71. The summed E-state index contributed by atoms with van der Waals surface area (Å²) in [6.45, 7) is 1.97. The number of aliphatic carboxylic acids is 1. The Morgan fingerprint density at radius 1 is 0.889 bits per heavy atom. The lowest BCUT2D eigenvalue weighted by atomic mass is 10.00. The van der Waals surface area contributed by atoms with Crippen LogP contribution >= 0.6 is 0 Å². The van der Waals surface area contributed by atoms with Gasteiger partial charge in [0.15, 0.2) is 28.6 Å². The molecule has 0 aliphatic heterocycles. The highest BCUT2D eigenvalue weighted by Crippen LogP contribution is 2.40. The summed E-state index contributed by atoms with van der Waals surface area (Å²) in [5.74, 6) is 0.0908. The molecule has 3 N–H and O–H groups in total. The van der Waals surface area contributed by atoms with E-state index in [1.807, 2.05) is 43.3 Å². The number of alkyl halides is 3. The van der Waals surface area contributed by atoms with Crippen LogP contribution in [0.3, 0.4) is 0 Å². The van der Waals surface area contributed by atoms with Crippen LogP contribution in [0.2, 0.25) is 0 Å². The summed E-state index contributed by atoms with van der Waals surface area (Å²) in [5, 5.41) is 35.4. The molecule has 0 atom stereocenters. The molecule has 0 unspecified atom stereocenters. The number of phenols is 1. The molecular formula is C31H29F3N4O7. The van der Waals surface area contributed by atoms with Gasteiger partial charge in [-0.25, -0.2) is 9.78 Å². The van der Waals surface area contributed by atoms with Crippen molar-refractivity contribution in [2.45, 2.75) is 19.5 Å². The third-order valence-electron chi connectivity index (χ3n) is 6.31. The molecule has 5 aromatic rings. The van der Waals surface area contributed by atoms with Gasteiger partial charge in [0, 0.05) is 27.4 Å². The number of aromatic amines is 1. The number of methoxy groups -OCH3 is 4. The minimum absolute atomic E-state index is 0.212. The maximum atomic E-state index is 10.6. The summed E-state index contributed by atoms with van der Waals surface area (Å²) in [7, 11) is 6.39. The molecule has 0 saturated carbocycles. The Labute approximate surface area is 255 Å². The zero-order valence-corrected chi connectivity index (χ0v) is 24.8. The number of aromatic nitrogens is 3. The summed E-state index contributed by atoms with van der Waals surface area (Å²) >= 11 is 0. The number of nitrogens with zero attached hydrogens (tertiary/aromatic N) is 3. The van der Waals surface area contributed by atoms with Gasteiger partial charge in [-0.15, -0.1) is 0 Å². The number of rotatable bonds is 6. The number of pyridine rings is 1. The predicted molar refractivity (Wildman–Crippen MR) is 159 cm³/mol. The molecule has 45 heavy (non-hydrogen) atoms. The number of nitrogens with one attached hydrogen (secondary N) is 1. The van der Waals surface area contributed by atoms with Gasteiger partial charge in [0.05, 0.1) is 46.6 Å². The van der Waals surface area contributed by atoms with Crippen LogP contribution in [0.5, 0.6) is 28.7 Å². The first-order valence-corrected chi connectivity index (χ1v) is 13.0. The molecule has 11 nitrogen and oxygen atoms in total. The van der Waals surface area contributed by atoms with E-state index in [1.165, 1.54) is 0 Å². The van der Waals surface area contributed by atoms with Crippen molar-refractivity contribution >= 4 is 27.8 Å². The molecule has 2 heterocycles. The Morgan fingerprint density at radius 3 is 1.93 bits per heavy atom.